The molecule has 0 bridgehead atoms. The smallest absolute Gasteiger partial charge is 0.310 e. The molecule has 27 heavy (non-hydrogen) atoms. The quantitative estimate of drug-likeness (QED) is 0.754. The number of carbonyl (C=O) groups excluding carboxylic acids is 2. The van der Waals surface area contributed by atoms with E-state index in [1.807, 2.05) is 6.92 Å². The van der Waals surface area contributed by atoms with Crippen LogP contribution in [-0.2, 0) is 14.3 Å². The zero-order chi connectivity index (χ0) is 19.4. The summed E-state index contributed by atoms with van der Waals surface area (Å²) in [7, 11) is 0. The lowest BCUT2D eigenvalue weighted by molar-refractivity contribution is -0.165. The lowest BCUT2D eigenvalue weighted by Crippen LogP contribution is -2.54. The first kappa shape index (κ1) is 19.4. The number of nitrogens with two attached hydrogens (primary N) is 1. The van der Waals surface area contributed by atoms with Crippen molar-refractivity contribution in [2.24, 2.45) is 46.2 Å². The van der Waals surface area contributed by atoms with Gasteiger partial charge in [-0.3, -0.25) is 9.59 Å². The number of hydrogen-bond acceptors (Lipinski definition) is 4. The second-order valence-corrected chi connectivity index (χ2v) is 10.5. The highest BCUT2D eigenvalue weighted by molar-refractivity contribution is 5.87. The fourth-order valence-electron chi connectivity index (χ4n) is 7.47. The molecule has 4 nitrogen and oxygen atoms in total. The van der Waals surface area contributed by atoms with E-state index in [0.29, 0.717) is 29.6 Å². The third kappa shape index (κ3) is 2.97. The van der Waals surface area contributed by atoms with Crippen LogP contribution in [0.3, 0.4) is 0 Å². The average Bonchev–Trinajstić information content (AvgIpc) is 2.96. The van der Waals surface area contributed by atoms with Crippen LogP contribution in [0.25, 0.3) is 0 Å². The van der Waals surface area contributed by atoms with Gasteiger partial charge in [-0.1, -0.05) is 20.8 Å². The van der Waals surface area contributed by atoms with Gasteiger partial charge in [0, 0.05) is 18.4 Å². The maximum absolute atomic E-state index is 12.5. The van der Waals surface area contributed by atoms with Gasteiger partial charge in [0.1, 0.15) is 11.9 Å². The number of ether oxygens (including phenoxy) is 1. The van der Waals surface area contributed by atoms with Crippen LogP contribution in [0.2, 0.25) is 0 Å². The Kier molecular flexibility index (Phi) is 4.93. The van der Waals surface area contributed by atoms with Crippen LogP contribution in [0.15, 0.2) is 0 Å². The first-order valence-corrected chi connectivity index (χ1v) is 11.2. The van der Waals surface area contributed by atoms with Crippen molar-refractivity contribution >= 4 is 11.8 Å². The average molecular weight is 376 g/mol. The van der Waals surface area contributed by atoms with Gasteiger partial charge in [0.15, 0.2) is 0 Å². The number of Topliss-reactive ketones (excluding diaryl/α,β-unsaturated/α-hetero) is 1. The van der Waals surface area contributed by atoms with E-state index in [0.717, 1.165) is 50.4 Å². The second-order valence-electron chi connectivity index (χ2n) is 10.5. The first-order valence-electron chi connectivity index (χ1n) is 11.2. The highest BCUT2D eigenvalue weighted by Gasteiger charge is 2.60. The summed E-state index contributed by atoms with van der Waals surface area (Å²) in [6.07, 6.45) is 9.96. The Morgan fingerprint density at radius 2 is 1.93 bits per heavy atom. The van der Waals surface area contributed by atoms with E-state index in [1.165, 1.54) is 19.3 Å². The minimum atomic E-state index is -0.204. The Morgan fingerprint density at radius 3 is 2.67 bits per heavy atom. The van der Waals surface area contributed by atoms with Crippen molar-refractivity contribution in [3.8, 4) is 0 Å². The fraction of sp³-hybridized carbons (Fsp3) is 0.913. The molecule has 0 amide bonds. The molecule has 4 heteroatoms. The van der Waals surface area contributed by atoms with Gasteiger partial charge >= 0.3 is 5.97 Å². The van der Waals surface area contributed by atoms with E-state index >= 15 is 0 Å². The summed E-state index contributed by atoms with van der Waals surface area (Å²) in [6, 6.07) is 0. The number of carbonyl (C=O) groups is 2. The summed E-state index contributed by atoms with van der Waals surface area (Å²) in [6.45, 7) is 6.97. The van der Waals surface area contributed by atoms with E-state index in [-0.39, 0.29) is 23.4 Å². The monoisotopic (exact) mass is 375 g/mol. The van der Waals surface area contributed by atoms with Crippen molar-refractivity contribution < 1.29 is 14.3 Å². The Morgan fingerprint density at radius 1 is 1.15 bits per heavy atom. The maximum atomic E-state index is 12.5. The van der Waals surface area contributed by atoms with Crippen LogP contribution >= 0.6 is 0 Å². The minimum absolute atomic E-state index is 0.0323. The molecule has 0 aromatic rings. The van der Waals surface area contributed by atoms with E-state index < -0.39 is 0 Å². The molecule has 2 N–H and O–H groups in total. The molecular formula is C23H37NO3. The summed E-state index contributed by atoms with van der Waals surface area (Å²) in [5.74, 6) is 2.95. The first-order chi connectivity index (χ1) is 12.8. The van der Waals surface area contributed by atoms with E-state index in [4.69, 9.17) is 10.5 Å². The van der Waals surface area contributed by atoms with Gasteiger partial charge in [-0.25, -0.2) is 0 Å². The molecule has 4 aliphatic rings. The number of rotatable bonds is 3. The molecule has 4 saturated carbocycles. The standard InChI is InChI=1S/C23H37NO3/c1-14(13-24)21(26)27-16-8-10-22(2)15(12-16)4-5-17-18-6-7-20(25)23(18,3)11-9-19(17)22/h14-19H,4-13,24H2,1-3H3/t14?,15?,16-,17?,18?,19?,22-,23-/m0/s1. The molecule has 8 atom stereocenters. The van der Waals surface area contributed by atoms with Crippen LogP contribution < -0.4 is 5.73 Å². The van der Waals surface area contributed by atoms with Crippen LogP contribution in [0.5, 0.6) is 0 Å². The molecule has 0 saturated heterocycles. The number of ketones is 1. The third-order valence-electron chi connectivity index (χ3n) is 9.37. The van der Waals surface area contributed by atoms with E-state index in [1.54, 1.807) is 0 Å². The lowest BCUT2D eigenvalue weighted by atomic mass is 9.45. The van der Waals surface area contributed by atoms with Crippen molar-refractivity contribution in [3.05, 3.63) is 0 Å². The molecule has 0 aliphatic heterocycles. The Bertz CT molecular complexity index is 619. The molecule has 5 unspecified atom stereocenters. The zero-order valence-corrected chi connectivity index (χ0v) is 17.3. The van der Waals surface area contributed by atoms with Crippen molar-refractivity contribution in [2.75, 3.05) is 6.54 Å². The predicted octanol–water partition coefficient (Wildman–Crippen LogP) is 4.10. The van der Waals surface area contributed by atoms with Crippen LogP contribution in [0.1, 0.15) is 78.6 Å². The van der Waals surface area contributed by atoms with Gasteiger partial charge in [-0.05, 0) is 80.5 Å². The maximum Gasteiger partial charge on any atom is 0.310 e. The molecule has 0 aromatic heterocycles. The fourth-order valence-corrected chi connectivity index (χ4v) is 7.47. The molecule has 4 aliphatic carbocycles. The van der Waals surface area contributed by atoms with Crippen molar-refractivity contribution in [1.82, 2.24) is 0 Å². The van der Waals surface area contributed by atoms with Crippen molar-refractivity contribution in [1.29, 1.82) is 0 Å². The Hall–Kier alpha value is -0.900. The van der Waals surface area contributed by atoms with Gasteiger partial charge < -0.3 is 10.5 Å². The third-order valence-corrected chi connectivity index (χ3v) is 9.37. The SMILES string of the molecule is CC(CN)C(=O)O[C@H]1CC[C@@]2(C)C(CCC3C2CC[C@]2(C)C(=O)CCC32)C1. The Labute approximate surface area is 164 Å². The summed E-state index contributed by atoms with van der Waals surface area (Å²) >= 11 is 0. The van der Waals surface area contributed by atoms with Gasteiger partial charge in [0.2, 0.25) is 0 Å². The number of fused-ring (bicyclic) bond motifs is 5. The lowest BCUT2D eigenvalue weighted by Gasteiger charge is -2.60. The molecule has 152 valence electrons. The topological polar surface area (TPSA) is 69.4 Å². The highest BCUT2D eigenvalue weighted by atomic mass is 16.5. The molecule has 0 aromatic carbocycles. The van der Waals surface area contributed by atoms with Crippen LogP contribution in [0.4, 0.5) is 0 Å². The van der Waals surface area contributed by atoms with Crippen molar-refractivity contribution in [2.45, 2.75) is 84.7 Å². The molecule has 0 radical (unpaired) electrons. The molecule has 4 rings (SSSR count). The molecule has 0 heterocycles. The van der Waals surface area contributed by atoms with Gasteiger partial charge in [-0.15, -0.1) is 0 Å². The van der Waals surface area contributed by atoms with Gasteiger partial charge in [-0.2, -0.15) is 0 Å². The summed E-state index contributed by atoms with van der Waals surface area (Å²) in [5.41, 5.74) is 5.94. The van der Waals surface area contributed by atoms with Gasteiger partial charge in [0.05, 0.1) is 5.92 Å². The second kappa shape index (κ2) is 6.86. The molecule has 0 spiro atoms. The summed E-state index contributed by atoms with van der Waals surface area (Å²) < 4.78 is 5.81. The van der Waals surface area contributed by atoms with Crippen molar-refractivity contribution in [3.63, 3.8) is 0 Å². The summed E-state index contributed by atoms with van der Waals surface area (Å²) in [5, 5.41) is 0. The molecular weight excluding hydrogens is 338 g/mol. The van der Waals surface area contributed by atoms with Gasteiger partial charge in [0.25, 0.3) is 0 Å². The summed E-state index contributed by atoms with van der Waals surface area (Å²) in [4.78, 5) is 24.7. The molecule has 4 fully saturated rings. The van der Waals surface area contributed by atoms with E-state index in [9.17, 15) is 9.59 Å². The largest absolute Gasteiger partial charge is 0.462 e. The zero-order valence-electron chi connectivity index (χ0n) is 17.3. The normalized spacial score (nSPS) is 47.6. The highest BCUT2D eigenvalue weighted by Crippen LogP contribution is 2.65. The number of esters is 1. The Balaban J connectivity index is 1.46. The van der Waals surface area contributed by atoms with E-state index in [2.05, 4.69) is 13.8 Å². The predicted molar refractivity (Wildman–Crippen MR) is 105 cm³/mol. The van der Waals surface area contributed by atoms with Crippen LogP contribution in [-0.4, -0.2) is 24.4 Å². The number of hydrogen-bond donors (Lipinski definition) is 1. The minimum Gasteiger partial charge on any atom is -0.462 e. The van der Waals surface area contributed by atoms with Crippen LogP contribution in [0, 0.1) is 40.4 Å².